The molecule has 5 heteroatoms. The maximum Gasteiger partial charge on any atom is 0.515 e. The molecule has 2 aromatic carbocycles. The van der Waals surface area contributed by atoms with Crippen LogP contribution in [0.5, 0.6) is 5.88 Å². The van der Waals surface area contributed by atoms with Gasteiger partial charge in [-0.2, -0.15) is 0 Å². The summed E-state index contributed by atoms with van der Waals surface area (Å²) in [6, 6.07) is 17.8. The van der Waals surface area contributed by atoms with Crippen molar-refractivity contribution in [1.29, 1.82) is 0 Å². The number of carbonyl (C=O) groups is 1. The van der Waals surface area contributed by atoms with E-state index in [1.807, 2.05) is 54.6 Å². The van der Waals surface area contributed by atoms with Crippen LogP contribution in [0.1, 0.15) is 19.0 Å². The van der Waals surface area contributed by atoms with Crippen LogP contribution >= 0.6 is 11.6 Å². The summed E-state index contributed by atoms with van der Waals surface area (Å²) in [5.74, 6) is 0.553. The standard InChI is InChI=1S/C22H20ClNO3/c1-2-26-22(25)27-21-20(15-7-4-3-5-8-15)19(18-9-6-14-24(18)21)16-10-12-17(23)13-11-16/h3-5,7-8,10-13H,2,6,9,14H2,1H3. The molecule has 0 radical (unpaired) electrons. The predicted molar refractivity (Wildman–Crippen MR) is 106 cm³/mol. The van der Waals surface area contributed by atoms with E-state index >= 15 is 0 Å². The normalized spacial score (nSPS) is 12.7. The zero-order valence-corrected chi connectivity index (χ0v) is 15.8. The summed E-state index contributed by atoms with van der Waals surface area (Å²) in [4.78, 5) is 12.1. The Hall–Kier alpha value is -2.72. The molecular weight excluding hydrogens is 362 g/mol. The summed E-state index contributed by atoms with van der Waals surface area (Å²) in [5, 5.41) is 0.693. The quantitative estimate of drug-likeness (QED) is 0.524. The highest BCUT2D eigenvalue weighted by Crippen LogP contribution is 2.47. The van der Waals surface area contributed by atoms with Crippen LogP contribution in [0, 0.1) is 0 Å². The third kappa shape index (κ3) is 3.33. The van der Waals surface area contributed by atoms with Gasteiger partial charge < -0.3 is 14.0 Å². The second kappa shape index (κ2) is 7.49. The minimum absolute atomic E-state index is 0.275. The van der Waals surface area contributed by atoms with Crippen molar-refractivity contribution in [3.05, 3.63) is 65.3 Å². The Balaban J connectivity index is 1.94. The Kier molecular flexibility index (Phi) is 4.90. The molecule has 1 aliphatic rings. The minimum atomic E-state index is -0.676. The molecule has 0 fully saturated rings. The maximum atomic E-state index is 12.1. The van der Waals surface area contributed by atoms with Crippen LogP contribution in [0.3, 0.4) is 0 Å². The van der Waals surface area contributed by atoms with Crippen molar-refractivity contribution in [1.82, 2.24) is 4.57 Å². The second-order valence-electron chi connectivity index (χ2n) is 6.42. The lowest BCUT2D eigenvalue weighted by molar-refractivity contribution is 0.101. The number of rotatable bonds is 4. The van der Waals surface area contributed by atoms with Gasteiger partial charge in [0, 0.05) is 22.8 Å². The number of benzene rings is 2. The van der Waals surface area contributed by atoms with Gasteiger partial charge in [0.25, 0.3) is 0 Å². The largest absolute Gasteiger partial charge is 0.515 e. The molecule has 1 aliphatic heterocycles. The highest BCUT2D eigenvalue weighted by molar-refractivity contribution is 6.30. The van der Waals surface area contributed by atoms with Crippen LogP contribution in [-0.2, 0) is 17.7 Å². The summed E-state index contributed by atoms with van der Waals surface area (Å²) in [6.07, 6.45) is 1.28. The van der Waals surface area contributed by atoms with E-state index in [1.54, 1.807) is 6.92 Å². The molecule has 27 heavy (non-hydrogen) atoms. The molecule has 0 amide bonds. The maximum absolute atomic E-state index is 12.1. The smallest absolute Gasteiger partial charge is 0.434 e. The number of nitrogens with zero attached hydrogens (tertiary/aromatic N) is 1. The topological polar surface area (TPSA) is 40.5 Å². The Morgan fingerprint density at radius 2 is 1.74 bits per heavy atom. The highest BCUT2D eigenvalue weighted by Gasteiger charge is 2.30. The fourth-order valence-electron chi connectivity index (χ4n) is 3.68. The number of ether oxygens (including phenoxy) is 2. The third-order valence-electron chi connectivity index (χ3n) is 4.76. The predicted octanol–water partition coefficient (Wildman–Crippen LogP) is 5.96. The van der Waals surface area contributed by atoms with Crippen molar-refractivity contribution in [2.24, 2.45) is 0 Å². The lowest BCUT2D eigenvalue weighted by Gasteiger charge is -2.11. The molecule has 3 aromatic rings. The number of halogens is 1. The lowest BCUT2D eigenvalue weighted by Crippen LogP contribution is -2.13. The van der Waals surface area contributed by atoms with E-state index < -0.39 is 6.16 Å². The molecule has 4 rings (SSSR count). The van der Waals surface area contributed by atoms with Crippen molar-refractivity contribution in [2.75, 3.05) is 6.61 Å². The van der Waals surface area contributed by atoms with Gasteiger partial charge >= 0.3 is 6.16 Å². The summed E-state index contributed by atoms with van der Waals surface area (Å²) >= 11 is 6.09. The first-order chi connectivity index (χ1) is 13.2. The minimum Gasteiger partial charge on any atom is -0.434 e. The van der Waals surface area contributed by atoms with Gasteiger partial charge in [-0.05, 0) is 43.0 Å². The Labute approximate surface area is 163 Å². The molecule has 0 N–H and O–H groups in total. The van der Waals surface area contributed by atoms with Crippen molar-refractivity contribution in [3.63, 3.8) is 0 Å². The van der Waals surface area contributed by atoms with E-state index in [-0.39, 0.29) is 6.61 Å². The lowest BCUT2D eigenvalue weighted by atomic mass is 9.95. The van der Waals surface area contributed by atoms with Crippen molar-refractivity contribution < 1.29 is 14.3 Å². The second-order valence-corrected chi connectivity index (χ2v) is 6.85. The number of aromatic nitrogens is 1. The molecule has 0 bridgehead atoms. The first kappa shape index (κ1) is 17.7. The van der Waals surface area contributed by atoms with E-state index in [2.05, 4.69) is 4.57 Å². The molecular formula is C22H20ClNO3. The van der Waals surface area contributed by atoms with Crippen molar-refractivity contribution in [2.45, 2.75) is 26.3 Å². The summed E-state index contributed by atoms with van der Waals surface area (Å²) in [6.45, 7) is 2.86. The van der Waals surface area contributed by atoms with Crippen LogP contribution in [0.25, 0.3) is 22.3 Å². The number of carbonyl (C=O) groups excluding carboxylic acids is 1. The summed E-state index contributed by atoms with van der Waals surface area (Å²) in [7, 11) is 0. The van der Waals surface area contributed by atoms with Crippen LogP contribution in [0.15, 0.2) is 54.6 Å². The first-order valence-corrected chi connectivity index (χ1v) is 9.48. The molecule has 0 aliphatic carbocycles. The fraction of sp³-hybridized carbons (Fsp3) is 0.227. The molecule has 0 unspecified atom stereocenters. The fourth-order valence-corrected chi connectivity index (χ4v) is 3.80. The Bertz CT molecular complexity index is 961. The van der Waals surface area contributed by atoms with Gasteiger partial charge in [0.15, 0.2) is 0 Å². The van der Waals surface area contributed by atoms with Crippen LogP contribution in [0.4, 0.5) is 4.79 Å². The van der Waals surface area contributed by atoms with Gasteiger partial charge in [0.2, 0.25) is 5.88 Å². The SMILES string of the molecule is CCOC(=O)Oc1c(-c2ccccc2)c(-c2ccc(Cl)cc2)c2n1CCC2. The molecule has 138 valence electrons. The van der Waals surface area contributed by atoms with Crippen LogP contribution in [-0.4, -0.2) is 17.3 Å². The van der Waals surface area contributed by atoms with E-state index in [0.29, 0.717) is 10.9 Å². The Morgan fingerprint density at radius 1 is 1.04 bits per heavy atom. The van der Waals surface area contributed by atoms with Gasteiger partial charge in [-0.1, -0.05) is 54.1 Å². The van der Waals surface area contributed by atoms with Crippen molar-refractivity contribution in [3.8, 4) is 28.1 Å². The van der Waals surface area contributed by atoms with Crippen molar-refractivity contribution >= 4 is 17.8 Å². The Morgan fingerprint density at radius 3 is 2.44 bits per heavy atom. The third-order valence-corrected chi connectivity index (χ3v) is 5.01. The number of hydrogen-bond donors (Lipinski definition) is 0. The number of fused-ring (bicyclic) bond motifs is 1. The summed E-state index contributed by atoms with van der Waals surface area (Å²) < 4.78 is 12.8. The average Bonchev–Trinajstić information content (AvgIpc) is 3.25. The molecule has 2 heterocycles. The summed E-state index contributed by atoms with van der Waals surface area (Å²) in [5.41, 5.74) is 5.25. The molecule has 1 aromatic heterocycles. The number of hydrogen-bond acceptors (Lipinski definition) is 3. The molecule has 0 saturated carbocycles. The zero-order chi connectivity index (χ0) is 18.8. The van der Waals surface area contributed by atoms with E-state index in [0.717, 1.165) is 41.6 Å². The first-order valence-electron chi connectivity index (χ1n) is 9.10. The molecule has 0 atom stereocenters. The van der Waals surface area contributed by atoms with Gasteiger partial charge in [-0.3, -0.25) is 0 Å². The van der Waals surface area contributed by atoms with E-state index in [9.17, 15) is 4.79 Å². The molecule has 0 saturated heterocycles. The van der Waals surface area contributed by atoms with Gasteiger partial charge in [-0.15, -0.1) is 0 Å². The van der Waals surface area contributed by atoms with E-state index in [4.69, 9.17) is 21.1 Å². The van der Waals surface area contributed by atoms with Gasteiger partial charge in [-0.25, -0.2) is 4.79 Å². The molecule has 0 spiro atoms. The van der Waals surface area contributed by atoms with Crippen LogP contribution in [0.2, 0.25) is 5.02 Å². The van der Waals surface area contributed by atoms with Gasteiger partial charge in [0.1, 0.15) is 0 Å². The zero-order valence-electron chi connectivity index (χ0n) is 15.1. The van der Waals surface area contributed by atoms with Crippen LogP contribution < -0.4 is 4.74 Å². The van der Waals surface area contributed by atoms with E-state index in [1.165, 1.54) is 5.69 Å². The van der Waals surface area contributed by atoms with Gasteiger partial charge in [0.05, 0.1) is 12.2 Å². The molecule has 4 nitrogen and oxygen atoms in total. The highest BCUT2D eigenvalue weighted by atomic mass is 35.5. The average molecular weight is 382 g/mol. The monoisotopic (exact) mass is 381 g/mol.